The molecule has 2 heterocycles. The monoisotopic (exact) mass is 358 g/mol. The highest BCUT2D eigenvalue weighted by Gasteiger charge is 2.44. The van der Waals surface area contributed by atoms with E-state index >= 15 is 0 Å². The first-order chi connectivity index (χ1) is 11.4. The van der Waals surface area contributed by atoms with E-state index in [2.05, 4.69) is 9.62 Å². The maximum Gasteiger partial charge on any atom is 0.279 e. The van der Waals surface area contributed by atoms with Crippen LogP contribution in [0.15, 0.2) is 0 Å². The Hall–Kier alpha value is -0.700. The third-order valence-corrected chi connectivity index (χ3v) is 7.36. The fourth-order valence-electron chi connectivity index (χ4n) is 3.88. The molecule has 138 valence electrons. The van der Waals surface area contributed by atoms with Crippen molar-refractivity contribution in [1.82, 2.24) is 18.8 Å². The molecular formula is C16H30N4O3S. The first-order valence-electron chi connectivity index (χ1n) is 9.14. The third kappa shape index (κ3) is 4.09. The number of rotatable bonds is 8. The lowest BCUT2D eigenvalue weighted by molar-refractivity contribution is -0.127. The van der Waals surface area contributed by atoms with E-state index in [9.17, 15) is 13.2 Å². The summed E-state index contributed by atoms with van der Waals surface area (Å²) in [5, 5.41) is 0. The second-order valence-electron chi connectivity index (χ2n) is 7.39. The number of nitrogens with zero attached hydrogens (tertiary/aromatic N) is 3. The van der Waals surface area contributed by atoms with Gasteiger partial charge in [0.1, 0.15) is 0 Å². The van der Waals surface area contributed by atoms with Gasteiger partial charge in [0.2, 0.25) is 5.91 Å². The molecule has 2 atom stereocenters. The van der Waals surface area contributed by atoms with Crippen molar-refractivity contribution in [2.24, 2.45) is 11.8 Å². The van der Waals surface area contributed by atoms with Crippen LogP contribution in [0.1, 0.15) is 32.6 Å². The van der Waals surface area contributed by atoms with Gasteiger partial charge in [0.15, 0.2) is 0 Å². The largest absolute Gasteiger partial charge is 0.341 e. The molecule has 2 aliphatic heterocycles. The van der Waals surface area contributed by atoms with Gasteiger partial charge in [-0.05, 0) is 31.1 Å². The molecule has 1 aliphatic carbocycles. The van der Waals surface area contributed by atoms with Crippen molar-refractivity contribution in [3.63, 3.8) is 0 Å². The standard InChI is InChI=1S/C16H30N4O3S/c1-3-18(2)24(22,23)17-15-12-19(11-14(15)13-6-7-13)9-10-20-8-4-5-16(20)21/h13-15,17H,3-12H2,1-2H3/t14-,15+/m1/s1. The van der Waals surface area contributed by atoms with Crippen LogP contribution in [0.25, 0.3) is 0 Å². The lowest BCUT2D eigenvalue weighted by Gasteiger charge is -2.23. The Morgan fingerprint density at radius 2 is 2.00 bits per heavy atom. The molecule has 0 bridgehead atoms. The molecule has 0 unspecified atom stereocenters. The summed E-state index contributed by atoms with van der Waals surface area (Å²) >= 11 is 0. The summed E-state index contributed by atoms with van der Waals surface area (Å²) in [5.41, 5.74) is 0. The molecule has 0 radical (unpaired) electrons. The molecule has 2 saturated heterocycles. The van der Waals surface area contributed by atoms with Gasteiger partial charge >= 0.3 is 0 Å². The van der Waals surface area contributed by atoms with Crippen molar-refractivity contribution < 1.29 is 13.2 Å². The van der Waals surface area contributed by atoms with Gasteiger partial charge in [-0.2, -0.15) is 17.4 Å². The summed E-state index contributed by atoms with van der Waals surface area (Å²) in [7, 11) is -1.79. The van der Waals surface area contributed by atoms with Gasteiger partial charge in [0, 0.05) is 58.8 Å². The predicted molar refractivity (Wildman–Crippen MR) is 92.6 cm³/mol. The second kappa shape index (κ2) is 7.27. The highest BCUT2D eigenvalue weighted by atomic mass is 32.2. The highest BCUT2D eigenvalue weighted by molar-refractivity contribution is 7.87. The average molecular weight is 359 g/mol. The zero-order chi connectivity index (χ0) is 17.3. The smallest absolute Gasteiger partial charge is 0.279 e. The van der Waals surface area contributed by atoms with Gasteiger partial charge in [-0.3, -0.25) is 9.69 Å². The minimum atomic E-state index is -3.40. The van der Waals surface area contributed by atoms with Crippen LogP contribution >= 0.6 is 0 Å². The molecule has 0 aromatic carbocycles. The average Bonchev–Trinajstić information content (AvgIpc) is 3.19. The van der Waals surface area contributed by atoms with Crippen LogP contribution in [0.3, 0.4) is 0 Å². The number of likely N-dealkylation sites (tertiary alicyclic amines) is 2. The van der Waals surface area contributed by atoms with E-state index in [1.807, 2.05) is 11.8 Å². The summed E-state index contributed by atoms with van der Waals surface area (Å²) < 4.78 is 29.0. The Bertz CT molecular complexity index is 564. The van der Waals surface area contributed by atoms with Gasteiger partial charge in [0.25, 0.3) is 10.2 Å². The summed E-state index contributed by atoms with van der Waals surface area (Å²) in [6.45, 7) is 6.48. The van der Waals surface area contributed by atoms with Crippen LogP contribution in [0.4, 0.5) is 0 Å². The van der Waals surface area contributed by atoms with Gasteiger partial charge < -0.3 is 4.90 Å². The Balaban J connectivity index is 1.57. The maximum atomic E-state index is 12.4. The molecule has 3 aliphatic rings. The van der Waals surface area contributed by atoms with Crippen LogP contribution in [0.5, 0.6) is 0 Å². The minimum absolute atomic E-state index is 0.00854. The Labute approximate surface area is 145 Å². The molecule has 7 nitrogen and oxygen atoms in total. The SMILES string of the molecule is CCN(C)S(=O)(=O)N[C@H]1CN(CCN2CCCC2=O)C[C@@H]1C1CC1. The fraction of sp³-hybridized carbons (Fsp3) is 0.938. The van der Waals surface area contributed by atoms with E-state index < -0.39 is 10.2 Å². The lowest BCUT2D eigenvalue weighted by atomic mass is 9.99. The van der Waals surface area contributed by atoms with Crippen molar-refractivity contribution in [2.45, 2.75) is 38.6 Å². The number of carbonyl (C=O) groups is 1. The fourth-order valence-corrected chi connectivity index (χ4v) is 5.03. The van der Waals surface area contributed by atoms with E-state index in [-0.39, 0.29) is 11.9 Å². The number of carbonyl (C=O) groups excluding carboxylic acids is 1. The van der Waals surface area contributed by atoms with Crippen molar-refractivity contribution >= 4 is 16.1 Å². The Morgan fingerprint density at radius 1 is 1.25 bits per heavy atom. The van der Waals surface area contributed by atoms with E-state index in [1.54, 1.807) is 7.05 Å². The van der Waals surface area contributed by atoms with Crippen LogP contribution in [0.2, 0.25) is 0 Å². The van der Waals surface area contributed by atoms with Gasteiger partial charge in [-0.15, -0.1) is 0 Å². The molecule has 1 N–H and O–H groups in total. The molecule has 1 amide bonds. The molecule has 0 aromatic heterocycles. The van der Waals surface area contributed by atoms with Crippen molar-refractivity contribution in [1.29, 1.82) is 0 Å². The first-order valence-corrected chi connectivity index (χ1v) is 10.6. The van der Waals surface area contributed by atoms with E-state index in [4.69, 9.17) is 0 Å². The summed E-state index contributed by atoms with van der Waals surface area (Å²) in [4.78, 5) is 16.0. The maximum absolute atomic E-state index is 12.4. The van der Waals surface area contributed by atoms with Gasteiger partial charge in [-0.1, -0.05) is 6.92 Å². The number of nitrogens with one attached hydrogen (secondary N) is 1. The number of hydrogen-bond donors (Lipinski definition) is 1. The van der Waals surface area contributed by atoms with Crippen LogP contribution in [-0.2, 0) is 15.0 Å². The van der Waals surface area contributed by atoms with Crippen molar-refractivity contribution in [3.05, 3.63) is 0 Å². The molecule has 24 heavy (non-hydrogen) atoms. The molecule has 3 fully saturated rings. The number of amides is 1. The summed E-state index contributed by atoms with van der Waals surface area (Å²) in [6.07, 6.45) is 4.07. The van der Waals surface area contributed by atoms with E-state index in [0.29, 0.717) is 24.8 Å². The Kier molecular flexibility index (Phi) is 5.48. The van der Waals surface area contributed by atoms with Crippen LogP contribution < -0.4 is 4.72 Å². The molecule has 3 rings (SSSR count). The number of hydrogen-bond acceptors (Lipinski definition) is 4. The van der Waals surface area contributed by atoms with Gasteiger partial charge in [-0.25, -0.2) is 0 Å². The van der Waals surface area contributed by atoms with E-state index in [0.717, 1.165) is 39.1 Å². The Morgan fingerprint density at radius 3 is 2.58 bits per heavy atom. The predicted octanol–water partition coefficient (Wildman–Crippen LogP) is 0.105. The minimum Gasteiger partial charge on any atom is -0.341 e. The zero-order valence-electron chi connectivity index (χ0n) is 14.8. The summed E-state index contributed by atoms with van der Waals surface area (Å²) in [6, 6.07) is -0.00854. The highest BCUT2D eigenvalue weighted by Crippen LogP contribution is 2.41. The zero-order valence-corrected chi connectivity index (χ0v) is 15.6. The summed E-state index contributed by atoms with van der Waals surface area (Å²) in [5.74, 6) is 1.32. The first kappa shape index (κ1) is 18.1. The molecule has 8 heteroatoms. The topological polar surface area (TPSA) is 73.0 Å². The van der Waals surface area contributed by atoms with E-state index in [1.165, 1.54) is 17.1 Å². The second-order valence-corrected chi connectivity index (χ2v) is 9.20. The molecule has 0 spiro atoms. The molecule has 1 saturated carbocycles. The third-order valence-electron chi connectivity index (χ3n) is 5.68. The van der Waals surface area contributed by atoms with Crippen molar-refractivity contribution in [3.8, 4) is 0 Å². The van der Waals surface area contributed by atoms with Crippen molar-refractivity contribution in [2.75, 3.05) is 46.3 Å². The normalized spacial score (nSPS) is 29.1. The van der Waals surface area contributed by atoms with Gasteiger partial charge in [0.05, 0.1) is 0 Å². The molecular weight excluding hydrogens is 328 g/mol. The quantitative estimate of drug-likeness (QED) is 0.668. The van der Waals surface area contributed by atoms with Crippen LogP contribution in [-0.4, -0.2) is 80.8 Å². The van der Waals surface area contributed by atoms with Crippen LogP contribution in [0, 0.1) is 11.8 Å². The lowest BCUT2D eigenvalue weighted by Crippen LogP contribution is -2.47. The molecule has 0 aromatic rings.